The summed E-state index contributed by atoms with van der Waals surface area (Å²) in [7, 11) is 0. The van der Waals surface area contributed by atoms with Gasteiger partial charge in [-0.25, -0.2) is 0 Å². The molecule has 1 aliphatic rings. The van der Waals surface area contributed by atoms with Crippen LogP contribution in [0.1, 0.15) is 19.4 Å². The van der Waals surface area contributed by atoms with Crippen molar-refractivity contribution in [2.24, 2.45) is 17.3 Å². The van der Waals surface area contributed by atoms with Gasteiger partial charge in [-0.05, 0) is 52.6 Å². The zero-order valence-electron chi connectivity index (χ0n) is 11.0. The number of nitrogens with one attached hydrogen (secondary N) is 1. The molecule has 0 radical (unpaired) electrons. The molecule has 0 heterocycles. The molecule has 0 spiro atoms. The zero-order chi connectivity index (χ0) is 14.4. The molecule has 0 bridgehead atoms. The average Bonchev–Trinajstić information content (AvgIpc) is 2.87. The van der Waals surface area contributed by atoms with Gasteiger partial charge in [-0.15, -0.1) is 0 Å². The molecule has 1 amide bonds. The van der Waals surface area contributed by atoms with E-state index in [-0.39, 0.29) is 5.91 Å². The summed E-state index contributed by atoms with van der Waals surface area (Å²) in [6.45, 7) is 5.63. The van der Waals surface area contributed by atoms with E-state index in [4.69, 9.17) is 5.11 Å². The van der Waals surface area contributed by atoms with Crippen LogP contribution in [0.2, 0.25) is 0 Å². The Morgan fingerprint density at radius 2 is 1.95 bits per heavy atom. The molecule has 19 heavy (non-hydrogen) atoms. The van der Waals surface area contributed by atoms with Gasteiger partial charge in [0.05, 0.1) is 11.8 Å². The SMILES string of the molecule is Cc1ccc(NC(=O)[C@H]2[C@@H](C(=O)O)C2(C)C)cc1I. The van der Waals surface area contributed by atoms with E-state index >= 15 is 0 Å². The second-order valence-electron chi connectivity index (χ2n) is 5.57. The van der Waals surface area contributed by atoms with Crippen LogP contribution in [0, 0.1) is 27.7 Å². The van der Waals surface area contributed by atoms with Crippen LogP contribution in [0.15, 0.2) is 18.2 Å². The maximum atomic E-state index is 12.1. The normalized spacial score (nSPS) is 23.8. The minimum atomic E-state index is -0.899. The Kier molecular flexibility index (Phi) is 3.59. The first-order valence-electron chi connectivity index (χ1n) is 6.05. The third-order valence-electron chi connectivity index (χ3n) is 3.82. The van der Waals surface area contributed by atoms with Crippen LogP contribution in [0.5, 0.6) is 0 Å². The van der Waals surface area contributed by atoms with Gasteiger partial charge < -0.3 is 10.4 Å². The monoisotopic (exact) mass is 373 g/mol. The number of carbonyl (C=O) groups is 2. The molecule has 0 saturated heterocycles. The Hall–Kier alpha value is -1.11. The molecule has 2 N–H and O–H groups in total. The number of aliphatic carboxylic acids is 1. The highest BCUT2D eigenvalue weighted by Crippen LogP contribution is 2.58. The van der Waals surface area contributed by atoms with Crippen molar-refractivity contribution in [2.75, 3.05) is 5.32 Å². The van der Waals surface area contributed by atoms with Crippen molar-refractivity contribution in [2.45, 2.75) is 20.8 Å². The van der Waals surface area contributed by atoms with Crippen molar-refractivity contribution in [3.63, 3.8) is 0 Å². The van der Waals surface area contributed by atoms with Crippen molar-refractivity contribution in [3.05, 3.63) is 27.3 Å². The van der Waals surface area contributed by atoms with Crippen LogP contribution in [-0.2, 0) is 9.59 Å². The van der Waals surface area contributed by atoms with Crippen LogP contribution in [0.4, 0.5) is 5.69 Å². The molecule has 1 fully saturated rings. The lowest BCUT2D eigenvalue weighted by Gasteiger charge is -2.07. The van der Waals surface area contributed by atoms with Crippen LogP contribution < -0.4 is 5.32 Å². The van der Waals surface area contributed by atoms with Gasteiger partial charge in [-0.1, -0.05) is 19.9 Å². The third-order valence-corrected chi connectivity index (χ3v) is 4.98. The van der Waals surface area contributed by atoms with E-state index in [0.29, 0.717) is 5.69 Å². The van der Waals surface area contributed by atoms with E-state index in [0.717, 1.165) is 9.13 Å². The molecule has 4 nitrogen and oxygen atoms in total. The van der Waals surface area contributed by atoms with Crippen LogP contribution in [0.3, 0.4) is 0 Å². The van der Waals surface area contributed by atoms with Crippen molar-refractivity contribution in [1.29, 1.82) is 0 Å². The molecular formula is C14H16INO3. The molecule has 0 aliphatic heterocycles. The van der Waals surface area contributed by atoms with E-state index in [1.54, 1.807) is 0 Å². The third kappa shape index (κ3) is 2.61. The maximum absolute atomic E-state index is 12.1. The molecule has 1 aliphatic carbocycles. The summed E-state index contributed by atoms with van der Waals surface area (Å²) in [4.78, 5) is 23.2. The van der Waals surface area contributed by atoms with Gasteiger partial charge in [0.1, 0.15) is 0 Å². The standard InChI is InChI=1S/C14H16INO3/c1-7-4-5-8(6-9(7)15)16-12(17)10-11(13(18)19)14(10,2)3/h4-6,10-11H,1-3H3,(H,16,17)(H,18,19)/t10-,11+/m1/s1. The molecular weight excluding hydrogens is 357 g/mol. The van der Waals surface area contributed by atoms with Gasteiger partial charge in [0.15, 0.2) is 0 Å². The molecule has 5 heteroatoms. The van der Waals surface area contributed by atoms with Gasteiger partial charge in [0, 0.05) is 9.26 Å². The number of carbonyl (C=O) groups excluding carboxylic acids is 1. The number of amides is 1. The molecule has 2 rings (SSSR count). The van der Waals surface area contributed by atoms with E-state index in [1.165, 1.54) is 0 Å². The number of benzene rings is 1. The summed E-state index contributed by atoms with van der Waals surface area (Å²) < 4.78 is 1.07. The van der Waals surface area contributed by atoms with Crippen molar-refractivity contribution in [3.8, 4) is 0 Å². The summed E-state index contributed by atoms with van der Waals surface area (Å²) >= 11 is 2.21. The van der Waals surface area contributed by atoms with Gasteiger partial charge in [0.2, 0.25) is 5.91 Å². The van der Waals surface area contributed by atoms with Gasteiger partial charge >= 0.3 is 5.97 Å². The molecule has 1 saturated carbocycles. The molecule has 1 aromatic rings. The first kappa shape index (κ1) is 14.3. The minimum Gasteiger partial charge on any atom is -0.481 e. The molecule has 1 aromatic carbocycles. The van der Waals surface area contributed by atoms with Gasteiger partial charge in [-0.3, -0.25) is 9.59 Å². The zero-order valence-corrected chi connectivity index (χ0v) is 13.2. The smallest absolute Gasteiger partial charge is 0.307 e. The van der Waals surface area contributed by atoms with Crippen LogP contribution in [-0.4, -0.2) is 17.0 Å². The Morgan fingerprint density at radius 3 is 2.42 bits per heavy atom. The van der Waals surface area contributed by atoms with E-state index < -0.39 is 23.2 Å². The quantitative estimate of drug-likeness (QED) is 0.801. The number of rotatable bonds is 3. The topological polar surface area (TPSA) is 66.4 Å². The second-order valence-corrected chi connectivity index (χ2v) is 6.73. The lowest BCUT2D eigenvalue weighted by Crippen LogP contribution is -2.17. The van der Waals surface area contributed by atoms with Crippen molar-refractivity contribution >= 4 is 40.2 Å². The highest BCUT2D eigenvalue weighted by atomic mass is 127. The molecule has 0 unspecified atom stereocenters. The number of hydrogen-bond acceptors (Lipinski definition) is 2. The van der Waals surface area contributed by atoms with Gasteiger partial charge in [-0.2, -0.15) is 0 Å². The predicted molar refractivity (Wildman–Crippen MR) is 80.9 cm³/mol. The average molecular weight is 373 g/mol. The fraction of sp³-hybridized carbons (Fsp3) is 0.429. The first-order valence-corrected chi connectivity index (χ1v) is 7.13. The molecule has 102 valence electrons. The Balaban J connectivity index is 2.10. The Bertz CT molecular complexity index is 554. The van der Waals surface area contributed by atoms with E-state index in [2.05, 4.69) is 27.9 Å². The predicted octanol–water partition coefficient (Wildman–Crippen LogP) is 2.89. The fourth-order valence-electron chi connectivity index (χ4n) is 2.48. The van der Waals surface area contributed by atoms with E-state index in [1.807, 2.05) is 39.0 Å². The Labute approximate surface area is 125 Å². The van der Waals surface area contributed by atoms with Crippen LogP contribution in [0.25, 0.3) is 0 Å². The first-order chi connectivity index (χ1) is 8.75. The summed E-state index contributed by atoms with van der Waals surface area (Å²) in [5.74, 6) is -2.15. The molecule has 2 atom stereocenters. The lowest BCUT2D eigenvalue weighted by atomic mass is 10.1. The van der Waals surface area contributed by atoms with Crippen LogP contribution >= 0.6 is 22.6 Å². The minimum absolute atomic E-state index is 0.211. The van der Waals surface area contributed by atoms with Gasteiger partial charge in [0.25, 0.3) is 0 Å². The molecule has 0 aromatic heterocycles. The summed E-state index contributed by atoms with van der Waals surface area (Å²) in [5.41, 5.74) is 1.40. The number of carboxylic acids is 1. The highest BCUT2D eigenvalue weighted by molar-refractivity contribution is 14.1. The fourth-order valence-corrected chi connectivity index (χ4v) is 2.99. The van der Waals surface area contributed by atoms with E-state index in [9.17, 15) is 9.59 Å². The number of halogens is 1. The highest BCUT2D eigenvalue weighted by Gasteiger charge is 2.65. The van der Waals surface area contributed by atoms with Crippen molar-refractivity contribution < 1.29 is 14.7 Å². The summed E-state index contributed by atoms with van der Waals surface area (Å²) in [6, 6.07) is 5.66. The maximum Gasteiger partial charge on any atom is 0.307 e. The Morgan fingerprint density at radius 1 is 1.32 bits per heavy atom. The summed E-state index contributed by atoms with van der Waals surface area (Å²) in [6.07, 6.45) is 0. The number of carboxylic acid groups (broad SMARTS) is 1. The number of aryl methyl sites for hydroxylation is 1. The number of hydrogen-bond donors (Lipinski definition) is 2. The number of anilines is 1. The lowest BCUT2D eigenvalue weighted by molar-refractivity contribution is -0.140. The van der Waals surface area contributed by atoms with Crippen molar-refractivity contribution in [1.82, 2.24) is 0 Å². The summed E-state index contributed by atoms with van der Waals surface area (Å²) in [5, 5.41) is 11.9. The second kappa shape index (κ2) is 4.77. The largest absolute Gasteiger partial charge is 0.481 e.